The highest BCUT2D eigenvalue weighted by Crippen LogP contribution is 2.23. The van der Waals surface area contributed by atoms with Crippen molar-refractivity contribution in [2.75, 3.05) is 38.6 Å². The Morgan fingerprint density at radius 1 is 1.20 bits per heavy atom. The molecule has 0 aliphatic carbocycles. The number of anilines is 1. The van der Waals surface area contributed by atoms with Crippen LogP contribution in [0.2, 0.25) is 0 Å². The second kappa shape index (κ2) is 8.83. The van der Waals surface area contributed by atoms with Gasteiger partial charge in [0.1, 0.15) is 0 Å². The monoisotopic (exact) mass is 343 g/mol. The third-order valence-corrected chi connectivity index (χ3v) is 4.58. The molecule has 0 bridgehead atoms. The van der Waals surface area contributed by atoms with Gasteiger partial charge in [-0.3, -0.25) is 4.90 Å². The number of rotatable bonds is 7. The summed E-state index contributed by atoms with van der Waals surface area (Å²) in [5, 5.41) is 6.74. The molecule has 4 nitrogen and oxygen atoms in total. The van der Waals surface area contributed by atoms with Crippen molar-refractivity contribution in [2.45, 2.75) is 19.0 Å². The molecule has 0 aromatic heterocycles. The first-order valence-corrected chi connectivity index (χ1v) is 8.82. The average Bonchev–Trinajstić information content (AvgIpc) is 2.64. The van der Waals surface area contributed by atoms with Gasteiger partial charge in [-0.2, -0.15) is 0 Å². The number of benzene rings is 2. The van der Waals surface area contributed by atoms with Crippen molar-refractivity contribution in [3.8, 4) is 5.75 Å². The fraction of sp³-hybridized carbons (Fsp3) is 0.400. The van der Waals surface area contributed by atoms with Gasteiger partial charge in [-0.25, -0.2) is 4.39 Å². The fourth-order valence-electron chi connectivity index (χ4n) is 3.26. The second-order valence-electron chi connectivity index (χ2n) is 6.41. The van der Waals surface area contributed by atoms with E-state index in [9.17, 15) is 4.39 Å². The van der Waals surface area contributed by atoms with Gasteiger partial charge in [-0.05, 0) is 24.1 Å². The molecule has 1 atom stereocenters. The number of ether oxygens (including phenoxy) is 1. The molecule has 1 saturated heterocycles. The summed E-state index contributed by atoms with van der Waals surface area (Å²) in [5.74, 6) is -0.0536. The Bertz CT molecular complexity index is 665. The van der Waals surface area contributed by atoms with E-state index in [0.29, 0.717) is 11.7 Å². The van der Waals surface area contributed by atoms with Crippen molar-refractivity contribution in [3.63, 3.8) is 0 Å². The number of hydrogen-bond donors (Lipinski definition) is 2. The van der Waals surface area contributed by atoms with E-state index >= 15 is 0 Å². The summed E-state index contributed by atoms with van der Waals surface area (Å²) in [4.78, 5) is 2.47. The maximum atomic E-state index is 14.1. The maximum Gasteiger partial charge on any atom is 0.188 e. The fourth-order valence-corrected chi connectivity index (χ4v) is 3.26. The Morgan fingerprint density at radius 3 is 2.84 bits per heavy atom. The van der Waals surface area contributed by atoms with Crippen LogP contribution in [-0.2, 0) is 6.54 Å². The number of methoxy groups -OCH3 is 1. The SMILES string of the molecule is COc1cccc(NCCC2CN(Cc3ccccc3)CCN2)c1F. The predicted molar refractivity (Wildman–Crippen MR) is 99.6 cm³/mol. The molecular weight excluding hydrogens is 317 g/mol. The second-order valence-corrected chi connectivity index (χ2v) is 6.41. The predicted octanol–water partition coefficient (Wildman–Crippen LogP) is 3.11. The van der Waals surface area contributed by atoms with Crippen molar-refractivity contribution in [3.05, 3.63) is 59.9 Å². The molecule has 1 unspecified atom stereocenters. The summed E-state index contributed by atoms with van der Waals surface area (Å²) >= 11 is 0. The van der Waals surface area contributed by atoms with Gasteiger partial charge in [0.2, 0.25) is 0 Å². The van der Waals surface area contributed by atoms with Crippen molar-refractivity contribution in [2.24, 2.45) is 0 Å². The van der Waals surface area contributed by atoms with Gasteiger partial charge in [0.25, 0.3) is 0 Å². The van der Waals surface area contributed by atoms with Crippen LogP contribution in [0, 0.1) is 5.82 Å². The zero-order valence-corrected chi connectivity index (χ0v) is 14.7. The lowest BCUT2D eigenvalue weighted by molar-refractivity contribution is 0.189. The van der Waals surface area contributed by atoms with Crippen LogP contribution in [0.5, 0.6) is 5.75 Å². The Balaban J connectivity index is 1.47. The molecule has 2 aromatic rings. The van der Waals surface area contributed by atoms with Gasteiger partial charge < -0.3 is 15.4 Å². The standard InChI is InChI=1S/C20H26FN3O/c1-25-19-9-5-8-18(20(19)21)23-11-10-17-15-24(13-12-22-17)14-16-6-3-2-4-7-16/h2-9,17,22-23H,10-15H2,1H3. The average molecular weight is 343 g/mol. The van der Waals surface area contributed by atoms with Crippen LogP contribution in [0.3, 0.4) is 0 Å². The molecular formula is C20H26FN3O. The highest BCUT2D eigenvalue weighted by molar-refractivity contribution is 5.50. The Morgan fingerprint density at radius 2 is 2.04 bits per heavy atom. The summed E-state index contributed by atoms with van der Waals surface area (Å²) in [5.41, 5.74) is 1.84. The summed E-state index contributed by atoms with van der Waals surface area (Å²) < 4.78 is 19.2. The van der Waals surface area contributed by atoms with Crippen LogP contribution >= 0.6 is 0 Å². The van der Waals surface area contributed by atoms with E-state index in [1.54, 1.807) is 18.2 Å². The van der Waals surface area contributed by atoms with Crippen LogP contribution in [0.25, 0.3) is 0 Å². The van der Waals surface area contributed by atoms with E-state index in [1.165, 1.54) is 12.7 Å². The largest absolute Gasteiger partial charge is 0.494 e. The molecule has 0 radical (unpaired) electrons. The van der Waals surface area contributed by atoms with Crippen LogP contribution in [-0.4, -0.2) is 44.2 Å². The topological polar surface area (TPSA) is 36.5 Å². The number of hydrogen-bond acceptors (Lipinski definition) is 4. The highest BCUT2D eigenvalue weighted by Gasteiger charge is 2.19. The van der Waals surface area contributed by atoms with Gasteiger partial charge in [-0.15, -0.1) is 0 Å². The van der Waals surface area contributed by atoms with E-state index in [0.717, 1.165) is 39.1 Å². The van der Waals surface area contributed by atoms with Crippen molar-refractivity contribution < 1.29 is 9.13 Å². The molecule has 1 heterocycles. The third-order valence-electron chi connectivity index (χ3n) is 4.58. The lowest BCUT2D eigenvalue weighted by Gasteiger charge is -2.34. The maximum absolute atomic E-state index is 14.1. The lowest BCUT2D eigenvalue weighted by atomic mass is 10.1. The number of piperazine rings is 1. The Hall–Kier alpha value is -2.11. The van der Waals surface area contributed by atoms with E-state index in [2.05, 4.69) is 39.8 Å². The minimum absolute atomic E-state index is 0.273. The minimum atomic E-state index is -0.327. The molecule has 2 aromatic carbocycles. The number of nitrogens with zero attached hydrogens (tertiary/aromatic N) is 1. The summed E-state index contributed by atoms with van der Waals surface area (Å²) in [6, 6.07) is 16.1. The van der Waals surface area contributed by atoms with Crippen LogP contribution in [0.15, 0.2) is 48.5 Å². The number of nitrogens with one attached hydrogen (secondary N) is 2. The molecule has 3 rings (SSSR count). The Labute approximate surface area is 149 Å². The first-order chi connectivity index (χ1) is 12.3. The molecule has 5 heteroatoms. The molecule has 1 fully saturated rings. The van der Waals surface area contributed by atoms with E-state index in [-0.39, 0.29) is 11.6 Å². The molecule has 0 amide bonds. The van der Waals surface area contributed by atoms with Crippen LogP contribution < -0.4 is 15.4 Å². The van der Waals surface area contributed by atoms with E-state index in [4.69, 9.17) is 4.74 Å². The van der Waals surface area contributed by atoms with Gasteiger partial charge >= 0.3 is 0 Å². The van der Waals surface area contributed by atoms with Gasteiger partial charge in [-0.1, -0.05) is 36.4 Å². The highest BCUT2D eigenvalue weighted by atomic mass is 19.1. The quantitative estimate of drug-likeness (QED) is 0.810. The van der Waals surface area contributed by atoms with Crippen LogP contribution in [0.1, 0.15) is 12.0 Å². The van der Waals surface area contributed by atoms with Crippen molar-refractivity contribution in [1.82, 2.24) is 10.2 Å². The zero-order valence-electron chi connectivity index (χ0n) is 14.7. The van der Waals surface area contributed by atoms with Crippen molar-refractivity contribution in [1.29, 1.82) is 0 Å². The van der Waals surface area contributed by atoms with Gasteiger partial charge in [0.05, 0.1) is 12.8 Å². The molecule has 134 valence electrons. The molecule has 25 heavy (non-hydrogen) atoms. The molecule has 0 saturated carbocycles. The van der Waals surface area contributed by atoms with Gasteiger partial charge in [0, 0.05) is 38.8 Å². The first kappa shape index (κ1) is 17.7. The molecule has 1 aliphatic heterocycles. The lowest BCUT2D eigenvalue weighted by Crippen LogP contribution is -2.50. The minimum Gasteiger partial charge on any atom is -0.494 e. The third kappa shape index (κ3) is 4.94. The first-order valence-electron chi connectivity index (χ1n) is 8.82. The molecule has 2 N–H and O–H groups in total. The summed E-state index contributed by atoms with van der Waals surface area (Å²) in [6.45, 7) is 4.77. The van der Waals surface area contributed by atoms with Crippen LogP contribution in [0.4, 0.5) is 10.1 Å². The summed E-state index contributed by atoms with van der Waals surface area (Å²) in [6.07, 6.45) is 0.946. The summed E-state index contributed by atoms with van der Waals surface area (Å²) in [7, 11) is 1.48. The molecule has 0 spiro atoms. The van der Waals surface area contributed by atoms with Crippen molar-refractivity contribution >= 4 is 5.69 Å². The smallest absolute Gasteiger partial charge is 0.188 e. The Kier molecular flexibility index (Phi) is 6.25. The zero-order chi connectivity index (χ0) is 17.5. The van der Waals surface area contributed by atoms with E-state index in [1.807, 2.05) is 6.07 Å². The number of halogens is 1. The molecule has 1 aliphatic rings. The van der Waals surface area contributed by atoms with E-state index < -0.39 is 0 Å². The normalized spacial score (nSPS) is 18.1. The van der Waals surface area contributed by atoms with Gasteiger partial charge in [0.15, 0.2) is 11.6 Å².